The number of nitrogens with zero attached hydrogens (tertiary/aromatic N) is 1. The van der Waals surface area contributed by atoms with Crippen LogP contribution >= 0.6 is 0 Å². The molecule has 0 aromatic heterocycles. The molecular weight excluding hydrogens is 246 g/mol. The van der Waals surface area contributed by atoms with Crippen molar-refractivity contribution in [2.24, 2.45) is 0 Å². The molecule has 0 saturated carbocycles. The van der Waals surface area contributed by atoms with Gasteiger partial charge in [0, 0.05) is 13.1 Å². The zero-order valence-electron chi connectivity index (χ0n) is 10.6. The van der Waals surface area contributed by atoms with E-state index >= 15 is 0 Å². The Morgan fingerprint density at radius 1 is 1.22 bits per heavy atom. The van der Waals surface area contributed by atoms with Gasteiger partial charge >= 0.3 is 0 Å². The van der Waals surface area contributed by atoms with E-state index in [-0.39, 0.29) is 0 Å². The first-order valence-electron chi connectivity index (χ1n) is 5.92. The molecule has 0 unspecified atom stereocenters. The normalized spacial score (nSPS) is 17.3. The molecule has 1 aliphatic rings. The highest BCUT2D eigenvalue weighted by Crippen LogP contribution is 2.21. The quantitative estimate of drug-likeness (QED) is 0.840. The first kappa shape index (κ1) is 13.1. The van der Waals surface area contributed by atoms with E-state index in [9.17, 15) is 8.42 Å². The van der Waals surface area contributed by atoms with Gasteiger partial charge in [-0.3, -0.25) is 0 Å². The number of allylic oxidation sites excluding steroid dienone is 1. The Bertz CT molecular complexity index is 583. The maximum Gasteiger partial charge on any atom is 0.243 e. The summed E-state index contributed by atoms with van der Waals surface area (Å²) in [6, 6.07) is 6.98. The van der Waals surface area contributed by atoms with Crippen LogP contribution in [0.25, 0.3) is 0 Å². The standard InChI is InChI=1S/C14H17NO2S/c1-3-4-13-9-10-15(11-13)18(16,17)14-7-5-12(2)6-8-14/h3-9H,10-11H2,1-2H3/b4-3+. The molecule has 1 aromatic rings. The zero-order chi connectivity index (χ0) is 13.2. The van der Waals surface area contributed by atoms with Crippen LogP contribution in [0.1, 0.15) is 12.5 Å². The number of benzene rings is 1. The Morgan fingerprint density at radius 2 is 1.89 bits per heavy atom. The van der Waals surface area contributed by atoms with Crippen molar-refractivity contribution in [2.75, 3.05) is 13.1 Å². The molecule has 1 aromatic carbocycles. The molecule has 0 saturated heterocycles. The molecule has 0 atom stereocenters. The van der Waals surface area contributed by atoms with Crippen LogP contribution in [0.3, 0.4) is 0 Å². The highest BCUT2D eigenvalue weighted by molar-refractivity contribution is 7.89. The van der Waals surface area contributed by atoms with Crippen molar-refractivity contribution in [3.8, 4) is 0 Å². The highest BCUT2D eigenvalue weighted by Gasteiger charge is 2.26. The van der Waals surface area contributed by atoms with Gasteiger partial charge in [0.05, 0.1) is 4.90 Å². The summed E-state index contributed by atoms with van der Waals surface area (Å²) in [6.45, 7) is 4.78. The maximum absolute atomic E-state index is 12.4. The first-order valence-corrected chi connectivity index (χ1v) is 7.36. The van der Waals surface area contributed by atoms with Gasteiger partial charge in [-0.25, -0.2) is 8.42 Å². The summed E-state index contributed by atoms with van der Waals surface area (Å²) >= 11 is 0. The van der Waals surface area contributed by atoms with E-state index in [4.69, 9.17) is 0 Å². The summed E-state index contributed by atoms with van der Waals surface area (Å²) in [4.78, 5) is 0.364. The lowest BCUT2D eigenvalue weighted by Crippen LogP contribution is -2.29. The van der Waals surface area contributed by atoms with Crippen molar-refractivity contribution in [1.82, 2.24) is 4.31 Å². The second kappa shape index (κ2) is 5.08. The Kier molecular flexibility index (Phi) is 3.68. The molecule has 0 radical (unpaired) electrons. The molecular formula is C14H17NO2S. The summed E-state index contributed by atoms with van der Waals surface area (Å²) in [7, 11) is -3.36. The lowest BCUT2D eigenvalue weighted by atomic mass is 10.2. The van der Waals surface area contributed by atoms with Crippen molar-refractivity contribution >= 4 is 10.0 Å². The van der Waals surface area contributed by atoms with E-state index in [0.717, 1.165) is 11.1 Å². The number of aryl methyl sites for hydroxylation is 1. The SMILES string of the molecule is C/C=C/C1=CCN(S(=O)(=O)c2ccc(C)cc2)C1. The van der Waals surface area contributed by atoms with Gasteiger partial charge in [-0.05, 0) is 31.6 Å². The molecule has 96 valence electrons. The van der Waals surface area contributed by atoms with E-state index < -0.39 is 10.0 Å². The Labute approximate surface area is 108 Å². The minimum Gasteiger partial charge on any atom is -0.207 e. The summed E-state index contributed by atoms with van der Waals surface area (Å²) in [5.41, 5.74) is 2.11. The van der Waals surface area contributed by atoms with E-state index in [1.54, 1.807) is 12.1 Å². The fourth-order valence-corrected chi connectivity index (χ4v) is 3.30. The van der Waals surface area contributed by atoms with Crippen LogP contribution in [0, 0.1) is 6.92 Å². The molecule has 0 N–H and O–H groups in total. The summed E-state index contributed by atoms with van der Waals surface area (Å²) < 4.78 is 26.2. The molecule has 0 spiro atoms. The van der Waals surface area contributed by atoms with E-state index in [0.29, 0.717) is 18.0 Å². The molecule has 0 fully saturated rings. The third-order valence-electron chi connectivity index (χ3n) is 2.96. The second-order valence-electron chi connectivity index (χ2n) is 4.39. The fourth-order valence-electron chi connectivity index (χ4n) is 1.93. The highest BCUT2D eigenvalue weighted by atomic mass is 32.2. The lowest BCUT2D eigenvalue weighted by Gasteiger charge is -2.16. The number of hydrogen-bond donors (Lipinski definition) is 0. The summed E-state index contributed by atoms with van der Waals surface area (Å²) in [5.74, 6) is 0. The van der Waals surface area contributed by atoms with Gasteiger partial charge in [0.15, 0.2) is 0 Å². The van der Waals surface area contributed by atoms with Crippen molar-refractivity contribution in [2.45, 2.75) is 18.7 Å². The minimum atomic E-state index is -3.36. The van der Waals surface area contributed by atoms with Crippen LogP contribution in [0.4, 0.5) is 0 Å². The molecule has 0 aliphatic carbocycles. The van der Waals surface area contributed by atoms with E-state index in [1.165, 1.54) is 4.31 Å². The molecule has 1 aliphatic heterocycles. The predicted octanol–water partition coefficient (Wildman–Crippen LogP) is 2.50. The van der Waals surface area contributed by atoms with Gasteiger partial charge in [0.1, 0.15) is 0 Å². The van der Waals surface area contributed by atoms with Gasteiger partial charge in [0.25, 0.3) is 0 Å². The topological polar surface area (TPSA) is 37.4 Å². The van der Waals surface area contributed by atoms with Crippen molar-refractivity contribution in [1.29, 1.82) is 0 Å². The lowest BCUT2D eigenvalue weighted by molar-refractivity contribution is 0.485. The molecule has 3 nitrogen and oxygen atoms in total. The first-order chi connectivity index (χ1) is 8.54. The Hall–Kier alpha value is -1.39. The molecule has 0 bridgehead atoms. The van der Waals surface area contributed by atoms with Crippen LogP contribution < -0.4 is 0 Å². The monoisotopic (exact) mass is 263 g/mol. The molecule has 18 heavy (non-hydrogen) atoms. The van der Waals surface area contributed by atoms with Crippen molar-refractivity contribution in [3.63, 3.8) is 0 Å². The van der Waals surface area contributed by atoms with Crippen molar-refractivity contribution < 1.29 is 8.42 Å². The van der Waals surface area contributed by atoms with E-state index in [1.807, 2.05) is 44.2 Å². The van der Waals surface area contributed by atoms with Gasteiger partial charge in [-0.15, -0.1) is 0 Å². The van der Waals surface area contributed by atoms with Crippen molar-refractivity contribution in [3.05, 3.63) is 53.6 Å². The van der Waals surface area contributed by atoms with Gasteiger partial charge in [-0.1, -0.05) is 35.9 Å². The smallest absolute Gasteiger partial charge is 0.207 e. The third kappa shape index (κ3) is 2.54. The Balaban J connectivity index is 2.21. The number of hydrogen-bond acceptors (Lipinski definition) is 2. The third-order valence-corrected chi connectivity index (χ3v) is 4.78. The summed E-state index contributed by atoms with van der Waals surface area (Å²) in [5, 5.41) is 0. The largest absolute Gasteiger partial charge is 0.243 e. The summed E-state index contributed by atoms with van der Waals surface area (Å²) in [6.07, 6.45) is 5.82. The molecule has 4 heteroatoms. The predicted molar refractivity (Wildman–Crippen MR) is 72.8 cm³/mol. The van der Waals surface area contributed by atoms with Gasteiger partial charge in [-0.2, -0.15) is 4.31 Å². The fraction of sp³-hybridized carbons (Fsp3) is 0.286. The number of sulfonamides is 1. The number of rotatable bonds is 3. The second-order valence-corrected chi connectivity index (χ2v) is 6.33. The average Bonchev–Trinajstić information content (AvgIpc) is 2.79. The van der Waals surface area contributed by atoms with Crippen LogP contribution in [-0.4, -0.2) is 25.8 Å². The van der Waals surface area contributed by atoms with Crippen LogP contribution in [0.15, 0.2) is 53.0 Å². The van der Waals surface area contributed by atoms with Gasteiger partial charge < -0.3 is 0 Å². The zero-order valence-corrected chi connectivity index (χ0v) is 11.4. The molecule has 1 heterocycles. The Morgan fingerprint density at radius 3 is 2.50 bits per heavy atom. The average molecular weight is 263 g/mol. The van der Waals surface area contributed by atoms with Crippen LogP contribution in [0.2, 0.25) is 0 Å². The van der Waals surface area contributed by atoms with Crippen LogP contribution in [0.5, 0.6) is 0 Å². The molecule has 2 rings (SSSR count). The van der Waals surface area contributed by atoms with E-state index in [2.05, 4.69) is 0 Å². The van der Waals surface area contributed by atoms with Crippen LogP contribution in [-0.2, 0) is 10.0 Å². The molecule has 0 amide bonds. The minimum absolute atomic E-state index is 0.364. The maximum atomic E-state index is 12.4. The van der Waals surface area contributed by atoms with Gasteiger partial charge in [0.2, 0.25) is 10.0 Å².